The number of para-hydroxylation sites is 3. The fourth-order valence-corrected chi connectivity index (χ4v) is 5.25. The lowest BCUT2D eigenvalue weighted by molar-refractivity contribution is -0.147. The summed E-state index contributed by atoms with van der Waals surface area (Å²) in [5.41, 5.74) is 1.17. The SMILES string of the molecule is O=C(Cn1c(C(F)(F)F)nc2ccccc21)N(c1ccc(SC(F)F)cc1)c1nc2ccccc2s1. The zero-order valence-corrected chi connectivity index (χ0v) is 19.7. The Morgan fingerprint density at radius 1 is 0.944 bits per heavy atom. The van der Waals surface area contributed by atoms with E-state index in [1.54, 1.807) is 30.3 Å². The third-order valence-corrected chi connectivity index (χ3v) is 6.99. The maximum atomic E-state index is 13.8. The van der Waals surface area contributed by atoms with Gasteiger partial charge in [-0.25, -0.2) is 9.97 Å². The van der Waals surface area contributed by atoms with Crippen molar-refractivity contribution < 1.29 is 26.7 Å². The molecule has 0 aliphatic rings. The van der Waals surface area contributed by atoms with Crippen molar-refractivity contribution in [3.63, 3.8) is 0 Å². The molecule has 0 saturated heterocycles. The maximum absolute atomic E-state index is 13.8. The first kappa shape index (κ1) is 24.2. The average Bonchev–Trinajstić information content (AvgIpc) is 3.42. The van der Waals surface area contributed by atoms with E-state index in [2.05, 4.69) is 9.97 Å². The van der Waals surface area contributed by atoms with Gasteiger partial charge < -0.3 is 4.57 Å². The Morgan fingerprint density at radius 3 is 2.28 bits per heavy atom. The summed E-state index contributed by atoms with van der Waals surface area (Å²) in [4.78, 5) is 23.3. The van der Waals surface area contributed by atoms with E-state index >= 15 is 0 Å². The van der Waals surface area contributed by atoms with E-state index in [1.807, 2.05) is 6.07 Å². The molecule has 0 saturated carbocycles. The molecule has 0 N–H and O–H groups in total. The van der Waals surface area contributed by atoms with Crippen LogP contribution in [0.2, 0.25) is 0 Å². The van der Waals surface area contributed by atoms with Gasteiger partial charge in [0.05, 0.1) is 26.9 Å². The minimum Gasteiger partial charge on any atom is -0.311 e. The highest BCUT2D eigenvalue weighted by Gasteiger charge is 2.38. The second kappa shape index (κ2) is 9.51. The number of alkyl halides is 5. The number of amides is 1. The number of imidazole rings is 1. The number of thioether (sulfide) groups is 1. The van der Waals surface area contributed by atoms with E-state index < -0.39 is 30.2 Å². The quantitative estimate of drug-likeness (QED) is 0.169. The Hall–Kier alpha value is -3.51. The van der Waals surface area contributed by atoms with Gasteiger partial charge in [0.25, 0.3) is 11.7 Å². The number of halogens is 5. The number of carbonyl (C=O) groups excluding carboxylic acids is 1. The Morgan fingerprint density at radius 2 is 1.61 bits per heavy atom. The molecular formula is C24H15F5N4OS2. The predicted molar refractivity (Wildman–Crippen MR) is 130 cm³/mol. The van der Waals surface area contributed by atoms with Crippen LogP contribution in [0.15, 0.2) is 77.7 Å². The number of anilines is 2. The largest absolute Gasteiger partial charge is 0.449 e. The molecule has 0 aliphatic heterocycles. The molecule has 0 aliphatic carbocycles. The average molecular weight is 535 g/mol. The fourth-order valence-electron chi connectivity index (χ4n) is 3.75. The standard InChI is InChI=1S/C24H15F5N4OS2/c25-22(26)35-15-11-9-14(10-12-15)33(23-31-17-6-2-4-8-19(17)36-23)20(34)13-32-18-7-3-1-5-16(18)30-21(32)24(27,28)29/h1-12,22H,13H2. The summed E-state index contributed by atoms with van der Waals surface area (Å²) < 4.78 is 68.5. The summed E-state index contributed by atoms with van der Waals surface area (Å²) >= 11 is 1.54. The van der Waals surface area contributed by atoms with Crippen LogP contribution in [0, 0.1) is 0 Å². The van der Waals surface area contributed by atoms with Gasteiger partial charge in [-0.1, -0.05) is 47.4 Å². The molecule has 2 aromatic heterocycles. The van der Waals surface area contributed by atoms with Crippen LogP contribution in [-0.4, -0.2) is 26.2 Å². The first-order valence-electron chi connectivity index (χ1n) is 10.5. The van der Waals surface area contributed by atoms with Crippen molar-refractivity contribution in [3.8, 4) is 0 Å². The van der Waals surface area contributed by atoms with E-state index in [1.165, 1.54) is 52.6 Å². The summed E-state index contributed by atoms with van der Waals surface area (Å²) in [6, 6.07) is 19.0. The smallest absolute Gasteiger partial charge is 0.311 e. The van der Waals surface area contributed by atoms with Crippen molar-refractivity contribution in [2.45, 2.75) is 23.4 Å². The molecule has 0 atom stereocenters. The minimum absolute atomic E-state index is 0.109. The van der Waals surface area contributed by atoms with Crippen molar-refractivity contribution in [2.24, 2.45) is 0 Å². The van der Waals surface area contributed by atoms with Crippen LogP contribution in [-0.2, 0) is 17.5 Å². The highest BCUT2D eigenvalue weighted by Crippen LogP contribution is 2.36. The topological polar surface area (TPSA) is 51.0 Å². The molecule has 184 valence electrons. The van der Waals surface area contributed by atoms with Gasteiger partial charge in [0.15, 0.2) is 5.13 Å². The highest BCUT2D eigenvalue weighted by atomic mass is 32.2. The molecule has 0 spiro atoms. The molecule has 0 unspecified atom stereocenters. The molecule has 12 heteroatoms. The number of hydrogen-bond donors (Lipinski definition) is 0. The van der Waals surface area contributed by atoms with Crippen molar-refractivity contribution >= 4 is 61.1 Å². The van der Waals surface area contributed by atoms with Gasteiger partial charge in [-0.05, 0) is 48.5 Å². The number of carbonyl (C=O) groups is 1. The van der Waals surface area contributed by atoms with Crippen LogP contribution in [0.1, 0.15) is 5.82 Å². The lowest BCUT2D eigenvalue weighted by atomic mass is 10.3. The van der Waals surface area contributed by atoms with Crippen LogP contribution < -0.4 is 4.90 Å². The molecule has 0 bridgehead atoms. The van der Waals surface area contributed by atoms with Crippen LogP contribution in [0.5, 0.6) is 0 Å². The van der Waals surface area contributed by atoms with Crippen LogP contribution in [0.25, 0.3) is 21.3 Å². The third-order valence-electron chi connectivity index (χ3n) is 5.24. The van der Waals surface area contributed by atoms with Gasteiger partial charge >= 0.3 is 6.18 Å². The molecule has 5 nitrogen and oxygen atoms in total. The van der Waals surface area contributed by atoms with Crippen molar-refractivity contribution in [1.29, 1.82) is 0 Å². The van der Waals surface area contributed by atoms with E-state index in [0.717, 1.165) is 9.27 Å². The van der Waals surface area contributed by atoms with Crippen molar-refractivity contribution in [2.75, 3.05) is 4.90 Å². The van der Waals surface area contributed by atoms with Gasteiger partial charge in [0.2, 0.25) is 5.82 Å². The Bertz CT molecular complexity index is 1510. The molecule has 5 rings (SSSR count). The molecule has 36 heavy (non-hydrogen) atoms. The maximum Gasteiger partial charge on any atom is 0.449 e. The Kier molecular flexibility index (Phi) is 6.39. The predicted octanol–water partition coefficient (Wildman–Crippen LogP) is 7.34. The lowest BCUT2D eigenvalue weighted by Gasteiger charge is -2.21. The first-order valence-corrected chi connectivity index (χ1v) is 12.2. The summed E-state index contributed by atoms with van der Waals surface area (Å²) in [5.74, 6) is -4.50. The normalized spacial score (nSPS) is 12.1. The molecule has 0 fully saturated rings. The highest BCUT2D eigenvalue weighted by molar-refractivity contribution is 7.99. The van der Waals surface area contributed by atoms with Gasteiger partial charge in [-0.2, -0.15) is 22.0 Å². The molecule has 0 radical (unpaired) electrons. The number of rotatable bonds is 6. The van der Waals surface area contributed by atoms with Gasteiger partial charge in [0, 0.05) is 4.90 Å². The number of aromatic nitrogens is 3. The van der Waals surface area contributed by atoms with Crippen molar-refractivity contribution in [1.82, 2.24) is 14.5 Å². The second-order valence-electron chi connectivity index (χ2n) is 7.57. The number of nitrogens with zero attached hydrogens (tertiary/aromatic N) is 4. The fraction of sp³-hybridized carbons (Fsp3) is 0.125. The summed E-state index contributed by atoms with van der Waals surface area (Å²) in [6.45, 7) is -0.668. The van der Waals surface area contributed by atoms with Gasteiger partial charge in [-0.15, -0.1) is 0 Å². The van der Waals surface area contributed by atoms with Crippen LogP contribution in [0.4, 0.5) is 32.8 Å². The minimum atomic E-state index is -4.78. The summed E-state index contributed by atoms with van der Waals surface area (Å²) in [6.07, 6.45) is -4.78. The third kappa shape index (κ3) is 4.78. The van der Waals surface area contributed by atoms with E-state index in [9.17, 15) is 26.7 Å². The number of fused-ring (bicyclic) bond motifs is 2. The molecule has 2 heterocycles. The van der Waals surface area contributed by atoms with Gasteiger partial charge in [0.1, 0.15) is 6.54 Å². The van der Waals surface area contributed by atoms with Gasteiger partial charge in [-0.3, -0.25) is 9.69 Å². The Balaban J connectivity index is 1.59. The second-order valence-corrected chi connectivity index (χ2v) is 9.65. The molecule has 5 aromatic rings. The van der Waals surface area contributed by atoms with Crippen molar-refractivity contribution in [3.05, 3.63) is 78.6 Å². The van der Waals surface area contributed by atoms with Crippen LogP contribution >= 0.6 is 23.1 Å². The number of hydrogen-bond acceptors (Lipinski definition) is 5. The summed E-state index contributed by atoms with van der Waals surface area (Å²) in [5, 5.41) is 0.244. The first-order chi connectivity index (χ1) is 17.2. The van der Waals surface area contributed by atoms with E-state index in [4.69, 9.17) is 0 Å². The number of benzene rings is 3. The molecule has 3 aromatic carbocycles. The van der Waals surface area contributed by atoms with E-state index in [0.29, 0.717) is 17.3 Å². The van der Waals surface area contributed by atoms with Crippen LogP contribution in [0.3, 0.4) is 0 Å². The lowest BCUT2D eigenvalue weighted by Crippen LogP contribution is -2.31. The number of thiazole rings is 1. The van der Waals surface area contributed by atoms with E-state index in [-0.39, 0.29) is 26.7 Å². The summed E-state index contributed by atoms with van der Waals surface area (Å²) in [7, 11) is 0. The zero-order chi connectivity index (χ0) is 25.4. The Labute approximate surface area is 209 Å². The zero-order valence-electron chi connectivity index (χ0n) is 18.1. The molecule has 1 amide bonds. The molecular weight excluding hydrogens is 519 g/mol. The monoisotopic (exact) mass is 534 g/mol.